The van der Waals surface area contributed by atoms with Gasteiger partial charge in [0.25, 0.3) is 0 Å². The van der Waals surface area contributed by atoms with Crippen LogP contribution in [0.25, 0.3) is 0 Å². The van der Waals surface area contributed by atoms with E-state index in [-0.39, 0.29) is 17.9 Å². The van der Waals surface area contributed by atoms with Crippen molar-refractivity contribution in [3.8, 4) is 0 Å². The summed E-state index contributed by atoms with van der Waals surface area (Å²) in [6.45, 7) is 6.83. The zero-order valence-corrected chi connectivity index (χ0v) is 11.8. The summed E-state index contributed by atoms with van der Waals surface area (Å²) in [5.74, 6) is -0.231. The predicted molar refractivity (Wildman–Crippen MR) is 71.8 cm³/mol. The highest BCUT2D eigenvalue weighted by atomic mass is 16.4. The van der Waals surface area contributed by atoms with E-state index >= 15 is 0 Å². The standard InChI is InChI=1S/C14H24N2O3/c1-3-11-4-6-15(7-5-11)14(19)16-8-12(9-16)10(2)13(17)18/h10-12H,3-9H2,1-2H3,(H,17,18). The summed E-state index contributed by atoms with van der Waals surface area (Å²) < 4.78 is 0. The molecule has 1 N–H and O–H groups in total. The maximum Gasteiger partial charge on any atom is 0.320 e. The summed E-state index contributed by atoms with van der Waals surface area (Å²) in [5.41, 5.74) is 0. The number of amides is 2. The van der Waals surface area contributed by atoms with Gasteiger partial charge in [-0.2, -0.15) is 0 Å². The number of likely N-dealkylation sites (tertiary alicyclic amines) is 2. The molecule has 1 unspecified atom stereocenters. The summed E-state index contributed by atoms with van der Waals surface area (Å²) in [6, 6.07) is 0.100. The molecule has 2 aliphatic heterocycles. The molecule has 0 aromatic rings. The second-order valence-corrected chi connectivity index (χ2v) is 5.91. The first-order chi connectivity index (χ1) is 9.02. The molecule has 0 aliphatic carbocycles. The first-order valence-electron chi connectivity index (χ1n) is 7.29. The fraction of sp³-hybridized carbons (Fsp3) is 0.857. The van der Waals surface area contributed by atoms with Gasteiger partial charge in [0, 0.05) is 32.1 Å². The van der Waals surface area contributed by atoms with E-state index in [4.69, 9.17) is 5.11 Å². The van der Waals surface area contributed by atoms with Crippen molar-refractivity contribution in [2.24, 2.45) is 17.8 Å². The summed E-state index contributed by atoms with van der Waals surface area (Å²) in [4.78, 5) is 26.8. The Hall–Kier alpha value is -1.26. The Morgan fingerprint density at radius 3 is 2.26 bits per heavy atom. The lowest BCUT2D eigenvalue weighted by Gasteiger charge is -2.44. The molecular weight excluding hydrogens is 244 g/mol. The number of carbonyl (C=O) groups excluding carboxylic acids is 1. The third kappa shape index (κ3) is 3.01. The molecule has 2 fully saturated rings. The van der Waals surface area contributed by atoms with Crippen LogP contribution in [0.4, 0.5) is 4.79 Å². The van der Waals surface area contributed by atoms with Gasteiger partial charge in [0.2, 0.25) is 0 Å². The van der Waals surface area contributed by atoms with Gasteiger partial charge < -0.3 is 14.9 Å². The Labute approximate surface area is 114 Å². The third-order valence-electron chi connectivity index (χ3n) is 4.74. The zero-order chi connectivity index (χ0) is 14.0. The molecular formula is C14H24N2O3. The topological polar surface area (TPSA) is 60.9 Å². The van der Waals surface area contributed by atoms with E-state index in [2.05, 4.69) is 6.92 Å². The number of aliphatic carboxylic acids is 1. The van der Waals surface area contributed by atoms with Gasteiger partial charge in [0.05, 0.1) is 5.92 Å². The van der Waals surface area contributed by atoms with Crippen molar-refractivity contribution in [3.05, 3.63) is 0 Å². The van der Waals surface area contributed by atoms with Crippen LogP contribution in [0.15, 0.2) is 0 Å². The van der Waals surface area contributed by atoms with Crippen LogP contribution in [-0.2, 0) is 4.79 Å². The molecule has 5 heteroatoms. The highest BCUT2D eigenvalue weighted by Gasteiger charge is 2.39. The van der Waals surface area contributed by atoms with Crippen LogP contribution >= 0.6 is 0 Å². The summed E-state index contributed by atoms with van der Waals surface area (Å²) in [6.07, 6.45) is 3.40. The van der Waals surface area contributed by atoms with E-state index < -0.39 is 5.97 Å². The molecule has 2 aliphatic rings. The Morgan fingerprint density at radius 2 is 1.79 bits per heavy atom. The molecule has 1 atom stereocenters. The molecule has 5 nitrogen and oxygen atoms in total. The molecule has 0 radical (unpaired) electrons. The van der Waals surface area contributed by atoms with E-state index in [1.54, 1.807) is 11.8 Å². The lowest BCUT2D eigenvalue weighted by atomic mass is 9.87. The fourth-order valence-corrected chi connectivity index (χ4v) is 2.92. The number of hydrogen-bond acceptors (Lipinski definition) is 2. The molecule has 0 aromatic heterocycles. The van der Waals surface area contributed by atoms with E-state index in [9.17, 15) is 9.59 Å². The minimum Gasteiger partial charge on any atom is -0.481 e. The van der Waals surface area contributed by atoms with Crippen molar-refractivity contribution in [2.75, 3.05) is 26.2 Å². The predicted octanol–water partition coefficient (Wildman–Crippen LogP) is 1.88. The molecule has 2 heterocycles. The summed E-state index contributed by atoms with van der Waals surface area (Å²) in [5, 5.41) is 8.93. The van der Waals surface area contributed by atoms with Crippen molar-refractivity contribution in [2.45, 2.75) is 33.1 Å². The number of carbonyl (C=O) groups is 2. The van der Waals surface area contributed by atoms with Crippen molar-refractivity contribution in [1.82, 2.24) is 9.80 Å². The van der Waals surface area contributed by atoms with E-state index in [0.717, 1.165) is 31.8 Å². The van der Waals surface area contributed by atoms with Gasteiger partial charge >= 0.3 is 12.0 Å². The van der Waals surface area contributed by atoms with Gasteiger partial charge in [-0.25, -0.2) is 4.79 Å². The van der Waals surface area contributed by atoms with E-state index in [0.29, 0.717) is 13.1 Å². The van der Waals surface area contributed by atoms with Crippen LogP contribution in [0.3, 0.4) is 0 Å². The smallest absolute Gasteiger partial charge is 0.320 e. The Morgan fingerprint density at radius 1 is 1.21 bits per heavy atom. The van der Waals surface area contributed by atoms with E-state index in [1.165, 1.54) is 6.42 Å². The molecule has 2 saturated heterocycles. The summed E-state index contributed by atoms with van der Waals surface area (Å²) >= 11 is 0. The van der Waals surface area contributed by atoms with Crippen LogP contribution in [-0.4, -0.2) is 53.1 Å². The largest absolute Gasteiger partial charge is 0.481 e. The van der Waals surface area contributed by atoms with Gasteiger partial charge in [0.1, 0.15) is 0 Å². The molecule has 19 heavy (non-hydrogen) atoms. The molecule has 0 saturated carbocycles. The quantitative estimate of drug-likeness (QED) is 0.850. The molecule has 2 rings (SSSR count). The molecule has 0 spiro atoms. The maximum atomic E-state index is 12.2. The number of carboxylic acids is 1. The van der Waals surface area contributed by atoms with Crippen molar-refractivity contribution >= 4 is 12.0 Å². The van der Waals surface area contributed by atoms with Crippen LogP contribution in [0.1, 0.15) is 33.1 Å². The third-order valence-corrected chi connectivity index (χ3v) is 4.74. The highest BCUT2D eigenvalue weighted by molar-refractivity contribution is 5.76. The van der Waals surface area contributed by atoms with Crippen molar-refractivity contribution in [1.29, 1.82) is 0 Å². The molecule has 0 aromatic carbocycles. The molecule has 2 amide bonds. The fourth-order valence-electron chi connectivity index (χ4n) is 2.92. The van der Waals surface area contributed by atoms with Gasteiger partial charge in [-0.15, -0.1) is 0 Å². The van der Waals surface area contributed by atoms with Crippen LogP contribution in [0.5, 0.6) is 0 Å². The lowest BCUT2D eigenvalue weighted by Crippen LogP contribution is -2.58. The van der Waals surface area contributed by atoms with E-state index in [1.807, 2.05) is 4.90 Å². The average Bonchev–Trinajstić information content (AvgIpc) is 2.36. The molecule has 108 valence electrons. The highest BCUT2D eigenvalue weighted by Crippen LogP contribution is 2.27. The monoisotopic (exact) mass is 268 g/mol. The first kappa shape index (κ1) is 14.2. The Kier molecular flexibility index (Phi) is 4.32. The minimum atomic E-state index is -0.763. The van der Waals surface area contributed by atoms with Gasteiger partial charge in [-0.1, -0.05) is 20.3 Å². The van der Waals surface area contributed by atoms with Crippen LogP contribution in [0, 0.1) is 17.8 Å². The number of piperidine rings is 1. The van der Waals surface area contributed by atoms with Crippen molar-refractivity contribution in [3.63, 3.8) is 0 Å². The number of carboxylic acid groups (broad SMARTS) is 1. The minimum absolute atomic E-state index is 0.100. The van der Waals surface area contributed by atoms with Gasteiger partial charge in [0.15, 0.2) is 0 Å². The number of urea groups is 1. The number of nitrogens with zero attached hydrogens (tertiary/aromatic N) is 2. The molecule has 0 bridgehead atoms. The average molecular weight is 268 g/mol. The zero-order valence-electron chi connectivity index (χ0n) is 11.8. The van der Waals surface area contributed by atoms with Crippen molar-refractivity contribution < 1.29 is 14.7 Å². The Bertz CT molecular complexity index is 345. The first-order valence-corrected chi connectivity index (χ1v) is 7.29. The van der Waals surface area contributed by atoms with Gasteiger partial charge in [-0.3, -0.25) is 4.79 Å². The van der Waals surface area contributed by atoms with Crippen LogP contribution in [0.2, 0.25) is 0 Å². The number of hydrogen-bond donors (Lipinski definition) is 1. The number of rotatable bonds is 3. The maximum absolute atomic E-state index is 12.2. The summed E-state index contributed by atoms with van der Waals surface area (Å²) in [7, 11) is 0. The SMILES string of the molecule is CCC1CCN(C(=O)N2CC(C(C)C(=O)O)C2)CC1. The van der Waals surface area contributed by atoms with Gasteiger partial charge in [-0.05, 0) is 18.8 Å². The van der Waals surface area contributed by atoms with Crippen LogP contribution < -0.4 is 0 Å². The Balaban J connectivity index is 1.76. The lowest BCUT2D eigenvalue weighted by molar-refractivity contribution is -0.144. The normalized spacial score (nSPS) is 23.1. The second kappa shape index (κ2) is 5.80. The second-order valence-electron chi connectivity index (χ2n) is 5.91.